The van der Waals surface area contributed by atoms with Crippen LogP contribution in [0.25, 0.3) is 0 Å². The number of aryl methyl sites for hydroxylation is 1. The molecular formula is C19H23FN2S. The number of thiocarbonyl (C=S) groups is 1. The molecule has 122 valence electrons. The first-order chi connectivity index (χ1) is 11.1. The van der Waals surface area contributed by atoms with Gasteiger partial charge in [-0.15, -0.1) is 0 Å². The molecule has 0 heterocycles. The maximum Gasteiger partial charge on any atom is 0.170 e. The Morgan fingerprint density at radius 2 is 1.78 bits per heavy atom. The summed E-state index contributed by atoms with van der Waals surface area (Å²) < 4.78 is 13.5. The molecule has 2 rings (SSSR count). The summed E-state index contributed by atoms with van der Waals surface area (Å²) >= 11 is 5.18. The first kappa shape index (κ1) is 17.4. The second-order valence-electron chi connectivity index (χ2n) is 5.86. The zero-order valence-electron chi connectivity index (χ0n) is 13.6. The van der Waals surface area contributed by atoms with Gasteiger partial charge in [0.05, 0.1) is 5.69 Å². The van der Waals surface area contributed by atoms with Crippen LogP contribution in [0.15, 0.2) is 48.5 Å². The van der Waals surface area contributed by atoms with Crippen molar-refractivity contribution in [3.05, 3.63) is 65.5 Å². The van der Waals surface area contributed by atoms with Crippen molar-refractivity contribution in [2.45, 2.75) is 32.6 Å². The zero-order valence-corrected chi connectivity index (χ0v) is 14.4. The number of hydrogen-bond donors (Lipinski definition) is 2. The lowest BCUT2D eigenvalue weighted by Gasteiger charge is -2.11. The van der Waals surface area contributed by atoms with Crippen molar-refractivity contribution in [3.8, 4) is 0 Å². The van der Waals surface area contributed by atoms with Gasteiger partial charge < -0.3 is 10.6 Å². The average molecular weight is 330 g/mol. The Hall–Kier alpha value is -1.94. The molecule has 2 N–H and O–H groups in total. The number of rotatable bonds is 6. The summed E-state index contributed by atoms with van der Waals surface area (Å²) in [7, 11) is 0. The number of nitrogens with one attached hydrogen (secondary N) is 2. The minimum absolute atomic E-state index is 0.304. The summed E-state index contributed by atoms with van der Waals surface area (Å²) in [4.78, 5) is 0. The van der Waals surface area contributed by atoms with Crippen LogP contribution in [0.3, 0.4) is 0 Å². The van der Waals surface area contributed by atoms with E-state index < -0.39 is 0 Å². The highest BCUT2D eigenvalue weighted by Crippen LogP contribution is 2.15. The molecular weight excluding hydrogens is 307 g/mol. The van der Waals surface area contributed by atoms with Crippen LogP contribution >= 0.6 is 12.2 Å². The number of benzene rings is 2. The van der Waals surface area contributed by atoms with Gasteiger partial charge in [0.25, 0.3) is 0 Å². The van der Waals surface area contributed by atoms with Gasteiger partial charge in [-0.1, -0.05) is 50.2 Å². The van der Waals surface area contributed by atoms with Gasteiger partial charge in [0.2, 0.25) is 0 Å². The van der Waals surface area contributed by atoms with E-state index in [1.54, 1.807) is 18.2 Å². The van der Waals surface area contributed by atoms with Gasteiger partial charge in [0, 0.05) is 6.54 Å². The molecule has 0 fully saturated rings. The highest BCUT2D eigenvalue weighted by Gasteiger charge is 2.03. The van der Waals surface area contributed by atoms with Gasteiger partial charge in [-0.05, 0) is 54.2 Å². The molecule has 0 saturated heterocycles. The number of para-hydroxylation sites is 1. The lowest BCUT2D eigenvalue weighted by Crippen LogP contribution is -2.29. The number of anilines is 1. The molecule has 0 aromatic heterocycles. The minimum atomic E-state index is -0.304. The van der Waals surface area contributed by atoms with Gasteiger partial charge in [0.1, 0.15) is 5.82 Å². The van der Waals surface area contributed by atoms with Crippen LogP contribution in [-0.2, 0) is 6.42 Å². The van der Waals surface area contributed by atoms with Gasteiger partial charge in [0.15, 0.2) is 5.11 Å². The highest BCUT2D eigenvalue weighted by atomic mass is 32.1. The summed E-state index contributed by atoms with van der Waals surface area (Å²) in [6, 6.07) is 15.3. The van der Waals surface area contributed by atoms with Crippen molar-refractivity contribution in [2.24, 2.45) is 0 Å². The Balaban J connectivity index is 1.70. The lowest BCUT2D eigenvalue weighted by molar-refractivity contribution is 0.632. The maximum absolute atomic E-state index is 13.5. The van der Waals surface area contributed by atoms with Crippen molar-refractivity contribution in [1.82, 2.24) is 5.32 Å². The summed E-state index contributed by atoms with van der Waals surface area (Å²) in [6.07, 6.45) is 1.97. The van der Waals surface area contributed by atoms with E-state index in [9.17, 15) is 4.39 Å². The normalized spacial score (nSPS) is 10.6. The molecule has 4 heteroatoms. The second-order valence-corrected chi connectivity index (χ2v) is 6.27. The van der Waals surface area contributed by atoms with Crippen LogP contribution in [0.4, 0.5) is 10.1 Å². The molecule has 23 heavy (non-hydrogen) atoms. The van der Waals surface area contributed by atoms with Crippen LogP contribution in [0.2, 0.25) is 0 Å². The molecule has 0 saturated carbocycles. The van der Waals surface area contributed by atoms with E-state index in [4.69, 9.17) is 12.2 Å². The third-order valence-corrected chi connectivity index (χ3v) is 3.94. The predicted octanol–water partition coefficient (Wildman–Crippen LogP) is 4.87. The van der Waals surface area contributed by atoms with Gasteiger partial charge in [-0.3, -0.25) is 0 Å². The first-order valence-electron chi connectivity index (χ1n) is 7.94. The molecule has 2 nitrogen and oxygen atoms in total. The summed E-state index contributed by atoms with van der Waals surface area (Å²) in [5, 5.41) is 6.44. The topological polar surface area (TPSA) is 24.1 Å². The molecule has 0 aliphatic heterocycles. The predicted molar refractivity (Wildman–Crippen MR) is 99.5 cm³/mol. The zero-order chi connectivity index (χ0) is 16.7. The fraction of sp³-hybridized carbons (Fsp3) is 0.316. The van der Waals surface area contributed by atoms with Gasteiger partial charge >= 0.3 is 0 Å². The van der Waals surface area contributed by atoms with Crippen LogP contribution in [-0.4, -0.2) is 11.7 Å². The third-order valence-electron chi connectivity index (χ3n) is 3.70. The number of hydrogen-bond acceptors (Lipinski definition) is 1. The third kappa shape index (κ3) is 5.64. The molecule has 0 aliphatic carbocycles. The lowest BCUT2D eigenvalue weighted by atomic mass is 10.0. The smallest absolute Gasteiger partial charge is 0.170 e. The fourth-order valence-corrected chi connectivity index (χ4v) is 2.50. The van der Waals surface area contributed by atoms with Crippen molar-refractivity contribution in [3.63, 3.8) is 0 Å². The molecule has 0 aliphatic rings. The Kier molecular flexibility index (Phi) is 6.53. The minimum Gasteiger partial charge on any atom is -0.362 e. The molecule has 0 spiro atoms. The monoisotopic (exact) mass is 330 g/mol. The Labute approximate surface area is 143 Å². The first-order valence-corrected chi connectivity index (χ1v) is 8.35. The van der Waals surface area contributed by atoms with E-state index in [-0.39, 0.29) is 5.82 Å². The Morgan fingerprint density at radius 3 is 2.43 bits per heavy atom. The van der Waals surface area contributed by atoms with Crippen LogP contribution < -0.4 is 10.6 Å². The van der Waals surface area contributed by atoms with Crippen LogP contribution in [0, 0.1) is 5.82 Å². The largest absolute Gasteiger partial charge is 0.362 e. The summed E-state index contributed by atoms with van der Waals surface area (Å²) in [6.45, 7) is 5.15. The van der Waals surface area contributed by atoms with E-state index in [2.05, 4.69) is 48.7 Å². The standard InChI is InChI=1S/C19H23FN2S/c1-14(2)16-11-9-15(10-12-16)6-5-13-21-19(23)22-18-8-4-3-7-17(18)20/h3-4,7-12,14H,5-6,13H2,1-2H3,(H2,21,22,23). The van der Waals surface area contributed by atoms with E-state index in [1.165, 1.54) is 17.2 Å². The molecule has 0 bridgehead atoms. The fourth-order valence-electron chi connectivity index (χ4n) is 2.29. The Bertz CT molecular complexity index is 638. The molecule has 0 amide bonds. The maximum atomic E-state index is 13.5. The van der Waals surface area contributed by atoms with Crippen molar-refractivity contribution < 1.29 is 4.39 Å². The second kappa shape index (κ2) is 8.63. The summed E-state index contributed by atoms with van der Waals surface area (Å²) in [5.41, 5.74) is 3.08. The van der Waals surface area contributed by atoms with Crippen LogP contribution in [0.5, 0.6) is 0 Å². The molecule has 0 radical (unpaired) electrons. The SMILES string of the molecule is CC(C)c1ccc(CCCNC(=S)Nc2ccccc2F)cc1. The van der Waals surface area contributed by atoms with Gasteiger partial charge in [-0.2, -0.15) is 0 Å². The quantitative estimate of drug-likeness (QED) is 0.584. The number of halogens is 1. The molecule has 0 atom stereocenters. The average Bonchev–Trinajstić information content (AvgIpc) is 2.54. The highest BCUT2D eigenvalue weighted by molar-refractivity contribution is 7.80. The van der Waals surface area contributed by atoms with E-state index in [0.29, 0.717) is 16.7 Å². The Morgan fingerprint density at radius 1 is 1.09 bits per heavy atom. The molecule has 2 aromatic carbocycles. The van der Waals surface area contributed by atoms with Crippen LogP contribution in [0.1, 0.15) is 37.3 Å². The molecule has 2 aromatic rings. The summed E-state index contributed by atoms with van der Waals surface area (Å²) in [5.74, 6) is 0.259. The van der Waals surface area contributed by atoms with Crippen molar-refractivity contribution in [1.29, 1.82) is 0 Å². The van der Waals surface area contributed by atoms with Gasteiger partial charge in [-0.25, -0.2) is 4.39 Å². The van der Waals surface area contributed by atoms with E-state index in [0.717, 1.165) is 19.4 Å². The van der Waals surface area contributed by atoms with E-state index >= 15 is 0 Å². The van der Waals surface area contributed by atoms with Crippen molar-refractivity contribution in [2.75, 3.05) is 11.9 Å². The molecule has 0 unspecified atom stereocenters. The van der Waals surface area contributed by atoms with Crippen molar-refractivity contribution >= 4 is 23.0 Å². The van der Waals surface area contributed by atoms with E-state index in [1.807, 2.05) is 0 Å².